The fourth-order valence-corrected chi connectivity index (χ4v) is 5.27. The Bertz CT molecular complexity index is 1030. The Balaban J connectivity index is 1.54. The molecule has 0 bridgehead atoms. The van der Waals surface area contributed by atoms with E-state index in [4.69, 9.17) is 4.98 Å². The number of aliphatic hydroxyl groups is 1. The van der Waals surface area contributed by atoms with E-state index in [0.29, 0.717) is 37.7 Å². The normalized spacial score (nSPS) is 26.2. The molecule has 4 rings (SSSR count). The smallest absolute Gasteiger partial charge is 0.223 e. The summed E-state index contributed by atoms with van der Waals surface area (Å²) in [7, 11) is -3.14. The molecule has 1 aliphatic heterocycles. The van der Waals surface area contributed by atoms with E-state index in [0.717, 1.165) is 35.9 Å². The lowest BCUT2D eigenvalue weighted by atomic mass is 10.0. The maximum atomic E-state index is 11.7. The van der Waals surface area contributed by atoms with Gasteiger partial charge in [0, 0.05) is 36.4 Å². The summed E-state index contributed by atoms with van der Waals surface area (Å²) < 4.78 is 24.9. The number of nitrogens with one attached hydrogen (secondary N) is 2. The third-order valence-corrected chi connectivity index (χ3v) is 7.49. The van der Waals surface area contributed by atoms with Gasteiger partial charge in [0.1, 0.15) is 5.52 Å². The maximum Gasteiger partial charge on any atom is 0.223 e. The molecule has 9 nitrogen and oxygen atoms in total. The monoisotopic (exact) mass is 434 g/mol. The van der Waals surface area contributed by atoms with Gasteiger partial charge in [-0.25, -0.2) is 27.7 Å². The fourth-order valence-electron chi connectivity index (χ4n) is 4.40. The Morgan fingerprint density at radius 1 is 1.20 bits per heavy atom. The average molecular weight is 435 g/mol. The molecule has 0 radical (unpaired) electrons. The van der Waals surface area contributed by atoms with Crippen molar-refractivity contribution < 1.29 is 13.5 Å². The molecule has 0 unspecified atom stereocenters. The SMILES string of the molecule is Cc1cc2cnc(NC3CCN(S(C)(=O)=O)CC3)nc2c(N[C@@H]2CCC[C@@]2(C)O)n1. The van der Waals surface area contributed by atoms with E-state index in [1.54, 1.807) is 6.20 Å². The zero-order valence-corrected chi connectivity index (χ0v) is 18.5. The Morgan fingerprint density at radius 2 is 1.93 bits per heavy atom. The number of anilines is 2. The van der Waals surface area contributed by atoms with E-state index in [9.17, 15) is 13.5 Å². The van der Waals surface area contributed by atoms with E-state index < -0.39 is 15.6 Å². The molecule has 1 aliphatic carbocycles. The molecule has 30 heavy (non-hydrogen) atoms. The van der Waals surface area contributed by atoms with Crippen LogP contribution < -0.4 is 10.6 Å². The van der Waals surface area contributed by atoms with Crippen molar-refractivity contribution in [3.05, 3.63) is 18.0 Å². The van der Waals surface area contributed by atoms with Gasteiger partial charge in [0.05, 0.1) is 17.9 Å². The number of nitrogens with zero attached hydrogens (tertiary/aromatic N) is 4. The molecule has 10 heteroatoms. The van der Waals surface area contributed by atoms with Crippen molar-refractivity contribution in [3.63, 3.8) is 0 Å². The van der Waals surface area contributed by atoms with Crippen LogP contribution in [0, 0.1) is 6.92 Å². The Kier molecular flexibility index (Phi) is 5.58. The molecule has 2 atom stereocenters. The second-order valence-corrected chi connectivity index (χ2v) is 10.8. The van der Waals surface area contributed by atoms with Crippen molar-refractivity contribution in [2.45, 2.75) is 63.6 Å². The lowest BCUT2D eigenvalue weighted by Crippen LogP contribution is -2.42. The summed E-state index contributed by atoms with van der Waals surface area (Å²) in [6.45, 7) is 4.78. The molecule has 3 N–H and O–H groups in total. The largest absolute Gasteiger partial charge is 0.388 e. The molecular weight excluding hydrogens is 404 g/mol. The van der Waals surface area contributed by atoms with E-state index >= 15 is 0 Å². The first kappa shape index (κ1) is 21.2. The first-order valence-electron chi connectivity index (χ1n) is 10.5. The Morgan fingerprint density at radius 3 is 2.57 bits per heavy atom. The summed E-state index contributed by atoms with van der Waals surface area (Å²) in [6, 6.07) is 1.99. The number of piperidine rings is 1. The number of aryl methyl sites for hydroxylation is 1. The van der Waals surface area contributed by atoms with Crippen LogP contribution in [0.25, 0.3) is 10.9 Å². The summed E-state index contributed by atoms with van der Waals surface area (Å²) in [4.78, 5) is 13.8. The summed E-state index contributed by atoms with van der Waals surface area (Å²) in [6.07, 6.45) is 7.07. The highest BCUT2D eigenvalue weighted by Gasteiger charge is 2.37. The minimum atomic E-state index is -3.14. The molecule has 0 spiro atoms. The zero-order chi connectivity index (χ0) is 21.5. The number of rotatable bonds is 5. The zero-order valence-electron chi connectivity index (χ0n) is 17.7. The molecule has 2 aromatic rings. The average Bonchev–Trinajstić information content (AvgIpc) is 3.00. The molecule has 2 aliphatic rings. The van der Waals surface area contributed by atoms with Crippen LogP contribution in [0.3, 0.4) is 0 Å². The number of hydrogen-bond donors (Lipinski definition) is 3. The van der Waals surface area contributed by atoms with Gasteiger partial charge in [-0.15, -0.1) is 0 Å². The number of aromatic nitrogens is 3. The second kappa shape index (κ2) is 7.90. The van der Waals surface area contributed by atoms with Gasteiger partial charge in [-0.2, -0.15) is 0 Å². The summed E-state index contributed by atoms with van der Waals surface area (Å²) in [5.74, 6) is 1.17. The lowest BCUT2D eigenvalue weighted by molar-refractivity contribution is 0.0578. The topological polar surface area (TPSA) is 120 Å². The minimum absolute atomic E-state index is 0.0679. The van der Waals surface area contributed by atoms with Crippen LogP contribution in [0.4, 0.5) is 11.8 Å². The molecule has 2 aromatic heterocycles. The number of fused-ring (bicyclic) bond motifs is 1. The first-order valence-corrected chi connectivity index (χ1v) is 12.3. The number of pyridine rings is 1. The van der Waals surface area contributed by atoms with Crippen LogP contribution in [0.2, 0.25) is 0 Å². The quantitative estimate of drug-likeness (QED) is 0.652. The highest BCUT2D eigenvalue weighted by Crippen LogP contribution is 2.33. The van der Waals surface area contributed by atoms with Crippen LogP contribution in [0.5, 0.6) is 0 Å². The molecule has 0 amide bonds. The Hall–Kier alpha value is -2.04. The van der Waals surface area contributed by atoms with Gasteiger partial charge in [0.15, 0.2) is 5.82 Å². The van der Waals surface area contributed by atoms with E-state index in [2.05, 4.69) is 20.6 Å². The molecule has 0 aromatic carbocycles. The number of sulfonamides is 1. The van der Waals surface area contributed by atoms with E-state index in [1.807, 2.05) is 19.9 Å². The molecule has 1 saturated carbocycles. The van der Waals surface area contributed by atoms with Crippen molar-refractivity contribution in [1.29, 1.82) is 0 Å². The number of hydrogen-bond acceptors (Lipinski definition) is 8. The van der Waals surface area contributed by atoms with Crippen LogP contribution >= 0.6 is 0 Å². The summed E-state index contributed by atoms with van der Waals surface area (Å²) in [5.41, 5.74) is 0.814. The third kappa shape index (κ3) is 4.50. The highest BCUT2D eigenvalue weighted by molar-refractivity contribution is 7.88. The minimum Gasteiger partial charge on any atom is -0.388 e. The van der Waals surface area contributed by atoms with Crippen molar-refractivity contribution in [3.8, 4) is 0 Å². The van der Waals surface area contributed by atoms with Gasteiger partial charge in [0.2, 0.25) is 16.0 Å². The molecule has 2 fully saturated rings. The van der Waals surface area contributed by atoms with Gasteiger partial charge < -0.3 is 15.7 Å². The highest BCUT2D eigenvalue weighted by atomic mass is 32.2. The van der Waals surface area contributed by atoms with E-state index in [1.165, 1.54) is 10.6 Å². The summed E-state index contributed by atoms with van der Waals surface area (Å²) in [5, 5.41) is 18.3. The summed E-state index contributed by atoms with van der Waals surface area (Å²) >= 11 is 0. The molecule has 164 valence electrons. The van der Waals surface area contributed by atoms with Crippen LogP contribution in [0.15, 0.2) is 12.3 Å². The third-order valence-electron chi connectivity index (χ3n) is 6.19. The maximum absolute atomic E-state index is 11.7. The van der Waals surface area contributed by atoms with Crippen LogP contribution in [-0.4, -0.2) is 69.8 Å². The molecular formula is C20H30N6O3S. The predicted molar refractivity (Wildman–Crippen MR) is 117 cm³/mol. The fraction of sp³-hybridized carbons (Fsp3) is 0.650. The van der Waals surface area contributed by atoms with Crippen molar-refractivity contribution >= 4 is 32.7 Å². The van der Waals surface area contributed by atoms with E-state index in [-0.39, 0.29) is 12.1 Å². The van der Waals surface area contributed by atoms with Crippen LogP contribution in [-0.2, 0) is 10.0 Å². The van der Waals surface area contributed by atoms with Crippen molar-refractivity contribution in [2.75, 3.05) is 30.0 Å². The molecule has 3 heterocycles. The second-order valence-electron chi connectivity index (χ2n) is 8.77. The van der Waals surface area contributed by atoms with Gasteiger partial charge >= 0.3 is 0 Å². The molecule has 1 saturated heterocycles. The van der Waals surface area contributed by atoms with Gasteiger partial charge in [0.25, 0.3) is 0 Å². The van der Waals surface area contributed by atoms with Gasteiger partial charge in [-0.3, -0.25) is 0 Å². The van der Waals surface area contributed by atoms with Crippen LogP contribution in [0.1, 0.15) is 44.7 Å². The Labute approximate surface area is 177 Å². The lowest BCUT2D eigenvalue weighted by Gasteiger charge is -2.30. The standard InChI is InChI=1S/C20H30N6O3S/c1-13-11-14-12-21-19(23-15-6-9-26(10-7-15)30(3,28)29)25-17(14)18(22-13)24-16-5-4-8-20(16,2)27/h11-12,15-16,27H,4-10H2,1-3H3,(H,22,24)(H,21,23,25)/t16-,20-/m1/s1. The predicted octanol–water partition coefficient (Wildman–Crippen LogP) is 1.88. The van der Waals surface area contributed by atoms with Crippen molar-refractivity contribution in [2.24, 2.45) is 0 Å². The van der Waals surface area contributed by atoms with Gasteiger partial charge in [-0.05, 0) is 52.0 Å². The van der Waals surface area contributed by atoms with Gasteiger partial charge in [-0.1, -0.05) is 0 Å². The van der Waals surface area contributed by atoms with Crippen molar-refractivity contribution in [1.82, 2.24) is 19.3 Å². The first-order chi connectivity index (χ1) is 14.1.